The highest BCUT2D eigenvalue weighted by Crippen LogP contribution is 2.17. The molecule has 1 atom stereocenters. The molecule has 0 aliphatic heterocycles. The number of hydrogen-bond acceptors (Lipinski definition) is 4. The second-order valence-electron chi connectivity index (χ2n) is 4.78. The van der Waals surface area contributed by atoms with Crippen LogP contribution in [-0.4, -0.2) is 33.3 Å². The van der Waals surface area contributed by atoms with Gasteiger partial charge in [-0.25, -0.2) is 4.79 Å². The number of nitrogens with two attached hydrogens (primary N) is 1. The van der Waals surface area contributed by atoms with Crippen LogP contribution < -0.4 is 11.1 Å². The molecule has 0 radical (unpaired) electrons. The van der Waals surface area contributed by atoms with Crippen molar-refractivity contribution in [1.82, 2.24) is 15.1 Å². The van der Waals surface area contributed by atoms with Crippen LogP contribution in [0.15, 0.2) is 12.4 Å². The SMILES string of the molecule is Cn1cc(C(NC(=O)C(C)(C)CN)C(=O)O)cn1. The summed E-state index contributed by atoms with van der Waals surface area (Å²) in [5.74, 6) is -1.54. The summed E-state index contributed by atoms with van der Waals surface area (Å²) in [6.45, 7) is 3.45. The summed E-state index contributed by atoms with van der Waals surface area (Å²) in [7, 11) is 1.67. The highest BCUT2D eigenvalue weighted by atomic mass is 16.4. The van der Waals surface area contributed by atoms with Crippen molar-refractivity contribution in [1.29, 1.82) is 0 Å². The molecule has 0 saturated heterocycles. The number of aliphatic carboxylic acids is 1. The van der Waals surface area contributed by atoms with E-state index in [4.69, 9.17) is 10.8 Å². The maximum atomic E-state index is 11.9. The van der Waals surface area contributed by atoms with Crippen molar-refractivity contribution in [2.45, 2.75) is 19.9 Å². The molecule has 0 aromatic carbocycles. The van der Waals surface area contributed by atoms with Gasteiger partial charge in [-0.1, -0.05) is 0 Å². The molecule has 0 aliphatic carbocycles. The largest absolute Gasteiger partial charge is 0.479 e. The number of carbonyl (C=O) groups excluding carboxylic acids is 1. The third kappa shape index (κ3) is 3.07. The molecule has 7 heteroatoms. The number of nitrogens with one attached hydrogen (secondary N) is 1. The third-order valence-electron chi connectivity index (χ3n) is 2.71. The maximum Gasteiger partial charge on any atom is 0.331 e. The van der Waals surface area contributed by atoms with E-state index in [0.717, 1.165) is 0 Å². The number of carbonyl (C=O) groups is 2. The quantitative estimate of drug-likeness (QED) is 0.665. The summed E-state index contributed by atoms with van der Waals surface area (Å²) < 4.78 is 1.48. The number of rotatable bonds is 5. The van der Waals surface area contributed by atoms with Crippen LogP contribution in [0.25, 0.3) is 0 Å². The van der Waals surface area contributed by atoms with Crippen molar-refractivity contribution in [2.24, 2.45) is 18.2 Å². The van der Waals surface area contributed by atoms with Gasteiger partial charge in [0.15, 0.2) is 6.04 Å². The van der Waals surface area contributed by atoms with Crippen LogP contribution in [0.1, 0.15) is 25.5 Å². The fraction of sp³-hybridized carbons (Fsp3) is 0.545. The lowest BCUT2D eigenvalue weighted by Gasteiger charge is -2.23. The zero-order valence-corrected chi connectivity index (χ0v) is 10.7. The molecule has 18 heavy (non-hydrogen) atoms. The van der Waals surface area contributed by atoms with Gasteiger partial charge < -0.3 is 16.2 Å². The monoisotopic (exact) mass is 254 g/mol. The first-order valence-corrected chi connectivity index (χ1v) is 5.50. The highest BCUT2D eigenvalue weighted by molar-refractivity contribution is 5.87. The van der Waals surface area contributed by atoms with Crippen molar-refractivity contribution in [3.05, 3.63) is 18.0 Å². The van der Waals surface area contributed by atoms with E-state index < -0.39 is 23.3 Å². The zero-order valence-electron chi connectivity index (χ0n) is 10.7. The smallest absolute Gasteiger partial charge is 0.331 e. The Bertz CT molecular complexity index is 453. The lowest BCUT2D eigenvalue weighted by atomic mass is 9.92. The van der Waals surface area contributed by atoms with E-state index >= 15 is 0 Å². The fourth-order valence-corrected chi connectivity index (χ4v) is 1.30. The molecule has 0 aliphatic rings. The number of carboxylic acids is 1. The molecule has 1 aromatic rings. The Balaban J connectivity index is 2.89. The van der Waals surface area contributed by atoms with E-state index in [1.54, 1.807) is 27.1 Å². The average Bonchev–Trinajstić information content (AvgIpc) is 2.71. The van der Waals surface area contributed by atoms with Gasteiger partial charge in [0.1, 0.15) is 0 Å². The molecule has 1 aromatic heterocycles. The lowest BCUT2D eigenvalue weighted by molar-refractivity contribution is -0.143. The Kier molecular flexibility index (Phi) is 4.07. The van der Waals surface area contributed by atoms with Crippen LogP contribution in [0, 0.1) is 5.41 Å². The molecule has 1 amide bonds. The van der Waals surface area contributed by atoms with Gasteiger partial charge in [0.2, 0.25) is 5.91 Å². The van der Waals surface area contributed by atoms with Crippen LogP contribution >= 0.6 is 0 Å². The third-order valence-corrected chi connectivity index (χ3v) is 2.71. The van der Waals surface area contributed by atoms with Gasteiger partial charge in [-0.15, -0.1) is 0 Å². The topological polar surface area (TPSA) is 110 Å². The first kappa shape index (κ1) is 14.2. The van der Waals surface area contributed by atoms with Crippen molar-refractivity contribution in [3.8, 4) is 0 Å². The van der Waals surface area contributed by atoms with Crippen LogP contribution in [0.5, 0.6) is 0 Å². The van der Waals surface area contributed by atoms with Gasteiger partial charge in [-0.2, -0.15) is 5.10 Å². The molecular weight excluding hydrogens is 236 g/mol. The molecule has 0 fully saturated rings. The van der Waals surface area contributed by atoms with E-state index in [1.807, 2.05) is 0 Å². The van der Waals surface area contributed by atoms with Crippen LogP contribution in [0.3, 0.4) is 0 Å². The summed E-state index contributed by atoms with van der Waals surface area (Å²) in [4.78, 5) is 23.1. The Morgan fingerprint density at radius 1 is 1.61 bits per heavy atom. The minimum Gasteiger partial charge on any atom is -0.479 e. The molecule has 1 unspecified atom stereocenters. The van der Waals surface area contributed by atoms with Gasteiger partial charge in [0.25, 0.3) is 0 Å². The van der Waals surface area contributed by atoms with E-state index in [2.05, 4.69) is 10.4 Å². The van der Waals surface area contributed by atoms with E-state index in [9.17, 15) is 9.59 Å². The summed E-state index contributed by atoms with van der Waals surface area (Å²) in [5, 5.41) is 15.5. The molecule has 4 N–H and O–H groups in total. The first-order chi connectivity index (χ1) is 8.27. The van der Waals surface area contributed by atoms with Crippen molar-refractivity contribution in [2.75, 3.05) is 6.54 Å². The Morgan fingerprint density at radius 2 is 2.22 bits per heavy atom. The molecule has 1 rings (SSSR count). The number of hydrogen-bond donors (Lipinski definition) is 3. The van der Waals surface area contributed by atoms with Gasteiger partial charge in [0, 0.05) is 25.4 Å². The number of nitrogens with zero attached hydrogens (tertiary/aromatic N) is 2. The molecule has 7 nitrogen and oxygen atoms in total. The number of carboxylic acid groups (broad SMARTS) is 1. The Labute approximate surface area is 105 Å². The Morgan fingerprint density at radius 3 is 2.61 bits per heavy atom. The first-order valence-electron chi connectivity index (χ1n) is 5.50. The number of aromatic nitrogens is 2. The molecule has 0 saturated carbocycles. The molecule has 0 spiro atoms. The van der Waals surface area contributed by atoms with E-state index in [0.29, 0.717) is 5.56 Å². The van der Waals surface area contributed by atoms with Crippen molar-refractivity contribution >= 4 is 11.9 Å². The van der Waals surface area contributed by atoms with Crippen molar-refractivity contribution in [3.63, 3.8) is 0 Å². The van der Waals surface area contributed by atoms with E-state index in [-0.39, 0.29) is 6.54 Å². The normalized spacial score (nSPS) is 13.1. The lowest BCUT2D eigenvalue weighted by Crippen LogP contribution is -2.45. The summed E-state index contributed by atoms with van der Waals surface area (Å²) >= 11 is 0. The zero-order chi connectivity index (χ0) is 13.9. The van der Waals surface area contributed by atoms with Crippen LogP contribution in [0.2, 0.25) is 0 Å². The highest BCUT2D eigenvalue weighted by Gasteiger charge is 2.31. The van der Waals surface area contributed by atoms with Crippen LogP contribution in [-0.2, 0) is 16.6 Å². The minimum atomic E-state index is -1.14. The molecule has 1 heterocycles. The predicted octanol–water partition coefficient (Wildman–Crippen LogP) is -0.353. The second-order valence-corrected chi connectivity index (χ2v) is 4.78. The summed E-state index contributed by atoms with van der Waals surface area (Å²) in [5.41, 5.74) is 5.09. The van der Waals surface area contributed by atoms with Gasteiger partial charge in [-0.05, 0) is 13.8 Å². The standard InChI is InChI=1S/C11H18N4O3/c1-11(2,6-12)10(18)14-8(9(16)17)7-4-13-15(3)5-7/h4-5,8H,6,12H2,1-3H3,(H,14,18)(H,16,17). The van der Waals surface area contributed by atoms with Crippen molar-refractivity contribution < 1.29 is 14.7 Å². The molecule has 0 bridgehead atoms. The number of aryl methyl sites for hydroxylation is 1. The average molecular weight is 254 g/mol. The van der Waals surface area contributed by atoms with Gasteiger partial charge in [0.05, 0.1) is 11.6 Å². The van der Waals surface area contributed by atoms with Crippen LogP contribution in [0.4, 0.5) is 0 Å². The number of amides is 1. The summed E-state index contributed by atoms with van der Waals surface area (Å²) in [6, 6.07) is -1.11. The van der Waals surface area contributed by atoms with E-state index in [1.165, 1.54) is 10.9 Å². The maximum absolute atomic E-state index is 11.9. The second kappa shape index (κ2) is 5.18. The predicted molar refractivity (Wildman–Crippen MR) is 64.6 cm³/mol. The molecule has 100 valence electrons. The minimum absolute atomic E-state index is 0.137. The summed E-state index contributed by atoms with van der Waals surface area (Å²) in [6.07, 6.45) is 2.96. The fourth-order valence-electron chi connectivity index (χ4n) is 1.30. The molecular formula is C11H18N4O3. The Hall–Kier alpha value is -1.89. The van der Waals surface area contributed by atoms with Gasteiger partial charge >= 0.3 is 5.97 Å². The van der Waals surface area contributed by atoms with Gasteiger partial charge in [-0.3, -0.25) is 9.48 Å².